The summed E-state index contributed by atoms with van der Waals surface area (Å²) in [5, 5.41) is 8.32. The van der Waals surface area contributed by atoms with Crippen molar-refractivity contribution in [3.63, 3.8) is 0 Å². The normalized spacial score (nSPS) is 19.4. The summed E-state index contributed by atoms with van der Waals surface area (Å²) in [5.74, 6) is 0. The van der Waals surface area contributed by atoms with Gasteiger partial charge in [0.25, 0.3) is 0 Å². The largest absolute Gasteiger partial charge is 0.309 e. The summed E-state index contributed by atoms with van der Waals surface area (Å²) in [4.78, 5) is 0. The molecule has 1 aliphatic carbocycles. The quantitative estimate of drug-likeness (QED) is 0.811. The fraction of sp³-hybridized carbons (Fsp3) is 0.667. The van der Waals surface area contributed by atoms with Crippen molar-refractivity contribution in [3.05, 3.63) is 29.1 Å². The minimum absolute atomic E-state index is 0.643. The molecule has 0 saturated carbocycles. The second-order valence-electron chi connectivity index (χ2n) is 5.06. The Morgan fingerprint density at radius 3 is 2.78 bits per heavy atom. The summed E-state index contributed by atoms with van der Waals surface area (Å²) < 4.78 is 2.05. The van der Waals surface area contributed by atoms with E-state index >= 15 is 0 Å². The Hall–Kier alpha value is -1.09. The van der Waals surface area contributed by atoms with Gasteiger partial charge in [-0.15, -0.1) is 0 Å². The van der Waals surface area contributed by atoms with Crippen LogP contribution in [0.5, 0.6) is 0 Å². The Bertz CT molecular complexity index is 418. The molecular formula is C15H25N3. The minimum Gasteiger partial charge on any atom is -0.309 e. The van der Waals surface area contributed by atoms with E-state index in [2.05, 4.69) is 48.1 Å². The summed E-state index contributed by atoms with van der Waals surface area (Å²) in [6.07, 6.45) is 10.3. The van der Waals surface area contributed by atoms with Crippen molar-refractivity contribution in [2.75, 3.05) is 0 Å². The number of aromatic nitrogens is 2. The lowest BCUT2D eigenvalue weighted by Crippen LogP contribution is -2.29. The van der Waals surface area contributed by atoms with Crippen LogP contribution in [0.1, 0.15) is 50.1 Å². The lowest BCUT2D eigenvalue weighted by Gasteiger charge is -2.19. The molecule has 2 rings (SSSR count). The first-order valence-corrected chi connectivity index (χ1v) is 7.18. The zero-order valence-electron chi connectivity index (χ0n) is 11.9. The van der Waals surface area contributed by atoms with Crippen LogP contribution in [0.15, 0.2) is 12.2 Å². The van der Waals surface area contributed by atoms with Gasteiger partial charge in [0.15, 0.2) is 0 Å². The van der Waals surface area contributed by atoms with Crippen molar-refractivity contribution in [1.29, 1.82) is 0 Å². The molecule has 1 aliphatic rings. The molecule has 100 valence electrons. The number of hydrogen-bond donors (Lipinski definition) is 1. The molecule has 1 aromatic rings. The molecule has 0 saturated heterocycles. The highest BCUT2D eigenvalue weighted by molar-refractivity contribution is 5.26. The molecule has 0 spiro atoms. The Labute approximate surface area is 110 Å². The van der Waals surface area contributed by atoms with Crippen molar-refractivity contribution in [1.82, 2.24) is 15.1 Å². The summed E-state index contributed by atoms with van der Waals surface area (Å²) in [6.45, 7) is 5.37. The van der Waals surface area contributed by atoms with Gasteiger partial charge in [-0.25, -0.2) is 0 Å². The van der Waals surface area contributed by atoms with E-state index in [0.29, 0.717) is 6.04 Å². The Morgan fingerprint density at radius 1 is 1.33 bits per heavy atom. The first-order valence-electron chi connectivity index (χ1n) is 7.18. The molecule has 3 heteroatoms. The predicted molar refractivity (Wildman–Crippen MR) is 75.6 cm³/mol. The fourth-order valence-corrected chi connectivity index (χ4v) is 2.82. The monoisotopic (exact) mass is 247 g/mol. The van der Waals surface area contributed by atoms with Crippen LogP contribution in [0.4, 0.5) is 0 Å². The highest BCUT2D eigenvalue weighted by Gasteiger charge is 2.15. The third-order valence-corrected chi connectivity index (χ3v) is 3.86. The first kappa shape index (κ1) is 13.3. The topological polar surface area (TPSA) is 29.9 Å². The minimum atomic E-state index is 0.643. The van der Waals surface area contributed by atoms with E-state index in [4.69, 9.17) is 0 Å². The van der Waals surface area contributed by atoms with Gasteiger partial charge in [-0.3, -0.25) is 4.68 Å². The number of rotatable bonds is 5. The molecule has 1 heterocycles. The van der Waals surface area contributed by atoms with Crippen LogP contribution in [0.2, 0.25) is 0 Å². The maximum absolute atomic E-state index is 4.63. The van der Waals surface area contributed by atoms with Crippen molar-refractivity contribution in [2.45, 2.75) is 58.5 Å². The van der Waals surface area contributed by atoms with Crippen molar-refractivity contribution >= 4 is 0 Å². The lowest BCUT2D eigenvalue weighted by molar-refractivity contribution is 0.472. The van der Waals surface area contributed by atoms with Crippen LogP contribution in [0, 0.1) is 0 Å². The maximum Gasteiger partial charge on any atom is 0.0669 e. The maximum atomic E-state index is 4.63. The zero-order chi connectivity index (χ0) is 13.0. The zero-order valence-corrected chi connectivity index (χ0v) is 11.9. The molecule has 0 radical (unpaired) electrons. The molecular weight excluding hydrogens is 222 g/mol. The van der Waals surface area contributed by atoms with Crippen molar-refractivity contribution in [2.24, 2.45) is 7.05 Å². The molecule has 0 aliphatic heterocycles. The van der Waals surface area contributed by atoms with Crippen LogP contribution in [-0.2, 0) is 26.4 Å². The number of hydrogen-bond acceptors (Lipinski definition) is 2. The fourth-order valence-electron chi connectivity index (χ4n) is 2.82. The molecule has 1 aromatic heterocycles. The third-order valence-electron chi connectivity index (χ3n) is 3.86. The number of nitrogens with zero attached hydrogens (tertiary/aromatic N) is 2. The van der Waals surface area contributed by atoms with Gasteiger partial charge < -0.3 is 5.32 Å². The average molecular weight is 247 g/mol. The van der Waals surface area contributed by atoms with E-state index in [1.54, 1.807) is 0 Å². The second kappa shape index (κ2) is 6.19. The summed E-state index contributed by atoms with van der Waals surface area (Å²) in [7, 11) is 2.06. The average Bonchev–Trinajstić information content (AvgIpc) is 2.73. The van der Waals surface area contributed by atoms with Gasteiger partial charge in [0.1, 0.15) is 0 Å². The molecule has 18 heavy (non-hydrogen) atoms. The Kier molecular flexibility index (Phi) is 4.59. The van der Waals surface area contributed by atoms with Gasteiger partial charge >= 0.3 is 0 Å². The first-order chi connectivity index (χ1) is 8.76. The van der Waals surface area contributed by atoms with Crippen LogP contribution in [0.25, 0.3) is 0 Å². The molecule has 1 atom stereocenters. The van der Waals surface area contributed by atoms with Gasteiger partial charge in [0.2, 0.25) is 0 Å². The van der Waals surface area contributed by atoms with Crippen LogP contribution in [0.3, 0.4) is 0 Å². The molecule has 0 aromatic carbocycles. The van der Waals surface area contributed by atoms with E-state index in [0.717, 1.165) is 19.4 Å². The number of nitrogens with one attached hydrogen (secondary N) is 1. The summed E-state index contributed by atoms with van der Waals surface area (Å²) >= 11 is 0. The summed E-state index contributed by atoms with van der Waals surface area (Å²) in [6, 6.07) is 0.643. The van der Waals surface area contributed by atoms with E-state index in [-0.39, 0.29) is 0 Å². The molecule has 0 fully saturated rings. The van der Waals surface area contributed by atoms with Crippen molar-refractivity contribution < 1.29 is 0 Å². The standard InChI is InChI=1S/C15H25N3/c1-4-14-13(15(5-2)18(3)17-14)11-16-12-9-7-6-8-10-12/h6-7,12,16H,4-5,8-11H2,1-3H3/t12-/m1/s1. The molecule has 0 unspecified atom stereocenters. The van der Waals surface area contributed by atoms with E-state index in [9.17, 15) is 0 Å². The lowest BCUT2D eigenvalue weighted by atomic mass is 10.0. The highest BCUT2D eigenvalue weighted by Crippen LogP contribution is 2.17. The number of aryl methyl sites for hydroxylation is 2. The molecule has 0 amide bonds. The third kappa shape index (κ3) is 2.83. The molecule has 0 bridgehead atoms. The van der Waals surface area contributed by atoms with E-state index in [1.807, 2.05) is 0 Å². The smallest absolute Gasteiger partial charge is 0.0669 e. The van der Waals surface area contributed by atoms with Gasteiger partial charge in [0, 0.05) is 30.9 Å². The van der Waals surface area contributed by atoms with E-state index < -0.39 is 0 Å². The Balaban J connectivity index is 2.05. The number of allylic oxidation sites excluding steroid dienone is 1. The van der Waals surface area contributed by atoms with Crippen LogP contribution < -0.4 is 5.32 Å². The second-order valence-corrected chi connectivity index (χ2v) is 5.06. The molecule has 3 nitrogen and oxygen atoms in total. The highest BCUT2D eigenvalue weighted by atomic mass is 15.3. The summed E-state index contributed by atoms with van der Waals surface area (Å²) in [5.41, 5.74) is 4.07. The van der Waals surface area contributed by atoms with Gasteiger partial charge in [0.05, 0.1) is 5.69 Å². The van der Waals surface area contributed by atoms with Gasteiger partial charge in [-0.2, -0.15) is 5.10 Å². The van der Waals surface area contributed by atoms with Crippen molar-refractivity contribution in [3.8, 4) is 0 Å². The molecule has 1 N–H and O–H groups in total. The Morgan fingerprint density at radius 2 is 2.17 bits per heavy atom. The van der Waals surface area contributed by atoms with Gasteiger partial charge in [-0.05, 0) is 32.1 Å². The predicted octanol–water partition coefficient (Wildman–Crippen LogP) is 2.74. The van der Waals surface area contributed by atoms with E-state index in [1.165, 1.54) is 36.2 Å². The van der Waals surface area contributed by atoms with Crippen LogP contribution in [-0.4, -0.2) is 15.8 Å². The SMILES string of the molecule is CCc1nn(C)c(CC)c1CN[C@@H]1CC=CCC1. The van der Waals surface area contributed by atoms with Crippen LogP contribution >= 0.6 is 0 Å². The van der Waals surface area contributed by atoms with Gasteiger partial charge in [-0.1, -0.05) is 26.0 Å².